The van der Waals surface area contributed by atoms with Crippen LogP contribution in [0.2, 0.25) is 0 Å². The number of nitrogens with zero attached hydrogens (tertiary/aromatic N) is 2. The Hall–Kier alpha value is -2.85. The lowest BCUT2D eigenvalue weighted by atomic mass is 10.1. The van der Waals surface area contributed by atoms with Crippen LogP contribution in [-0.4, -0.2) is 40.0 Å². The molecule has 1 aliphatic heterocycles. The number of urea groups is 1. The number of nitro benzene ring substituents is 1. The molecule has 0 bridgehead atoms. The van der Waals surface area contributed by atoms with E-state index in [4.69, 9.17) is 10.8 Å². The highest BCUT2D eigenvalue weighted by Gasteiger charge is 2.33. The second-order valence-electron chi connectivity index (χ2n) is 5.18. The molecule has 138 valence electrons. The Morgan fingerprint density at radius 1 is 1.20 bits per heavy atom. The third-order valence-corrected chi connectivity index (χ3v) is 3.42. The number of rotatable bonds is 2. The molecule has 0 radical (unpaired) electrons. The lowest BCUT2D eigenvalue weighted by Gasteiger charge is -2.24. The lowest BCUT2D eigenvalue weighted by Crippen LogP contribution is -2.39. The van der Waals surface area contributed by atoms with E-state index in [0.29, 0.717) is 12.1 Å². The second kappa shape index (κ2) is 8.31. The van der Waals surface area contributed by atoms with Gasteiger partial charge in [-0.3, -0.25) is 10.1 Å². The van der Waals surface area contributed by atoms with E-state index in [1.165, 1.54) is 6.42 Å². The van der Waals surface area contributed by atoms with E-state index in [2.05, 4.69) is 0 Å². The Kier molecular flexibility index (Phi) is 6.71. The van der Waals surface area contributed by atoms with Crippen LogP contribution in [0.3, 0.4) is 0 Å². The number of aromatic carboxylic acids is 1. The Morgan fingerprint density at radius 2 is 1.76 bits per heavy atom. The van der Waals surface area contributed by atoms with E-state index in [1.807, 2.05) is 0 Å². The molecule has 1 aromatic carbocycles. The summed E-state index contributed by atoms with van der Waals surface area (Å²) in [6, 6.07) is 0.970. The SMILES string of the molecule is NC(=O)N1CCCCC1.O=C(O)c1ccc(C(F)(F)F)cc1[N+](=O)[O-]. The molecule has 0 unspecified atom stereocenters. The molecule has 0 spiro atoms. The van der Waals surface area contributed by atoms with Gasteiger partial charge in [0.1, 0.15) is 5.56 Å². The van der Waals surface area contributed by atoms with Crippen LogP contribution in [0.1, 0.15) is 35.2 Å². The number of carbonyl (C=O) groups is 2. The summed E-state index contributed by atoms with van der Waals surface area (Å²) in [5.41, 5.74) is 1.93. The van der Waals surface area contributed by atoms with Gasteiger partial charge in [-0.2, -0.15) is 13.2 Å². The first-order valence-corrected chi connectivity index (χ1v) is 7.17. The normalized spacial score (nSPS) is 14.3. The van der Waals surface area contributed by atoms with E-state index in [-0.39, 0.29) is 12.1 Å². The summed E-state index contributed by atoms with van der Waals surface area (Å²) in [5, 5.41) is 18.9. The van der Waals surface area contributed by atoms with Gasteiger partial charge in [0.2, 0.25) is 0 Å². The largest absolute Gasteiger partial charge is 0.477 e. The van der Waals surface area contributed by atoms with Crippen LogP contribution in [0.5, 0.6) is 0 Å². The van der Waals surface area contributed by atoms with Gasteiger partial charge in [-0.1, -0.05) is 0 Å². The van der Waals surface area contributed by atoms with Gasteiger partial charge in [-0.15, -0.1) is 0 Å². The number of nitro groups is 1. The molecule has 2 rings (SSSR count). The van der Waals surface area contributed by atoms with Crippen molar-refractivity contribution in [2.45, 2.75) is 25.4 Å². The van der Waals surface area contributed by atoms with Crippen LogP contribution in [0.15, 0.2) is 18.2 Å². The second-order valence-corrected chi connectivity index (χ2v) is 5.18. The number of nitrogens with two attached hydrogens (primary N) is 1. The van der Waals surface area contributed by atoms with Crippen LogP contribution < -0.4 is 5.73 Å². The fourth-order valence-corrected chi connectivity index (χ4v) is 2.15. The number of hydrogen-bond donors (Lipinski definition) is 2. The monoisotopic (exact) mass is 363 g/mol. The Balaban J connectivity index is 0.000000293. The van der Waals surface area contributed by atoms with E-state index in [9.17, 15) is 32.9 Å². The molecule has 1 aliphatic rings. The van der Waals surface area contributed by atoms with Gasteiger partial charge < -0.3 is 15.7 Å². The molecule has 8 nitrogen and oxygen atoms in total. The average molecular weight is 363 g/mol. The minimum Gasteiger partial charge on any atom is -0.477 e. The number of benzene rings is 1. The fourth-order valence-electron chi connectivity index (χ4n) is 2.15. The number of halogens is 3. The lowest BCUT2D eigenvalue weighted by molar-refractivity contribution is -0.385. The van der Waals surface area contributed by atoms with Gasteiger partial charge >= 0.3 is 18.2 Å². The van der Waals surface area contributed by atoms with Crippen LogP contribution in [-0.2, 0) is 6.18 Å². The van der Waals surface area contributed by atoms with Crippen molar-refractivity contribution in [2.24, 2.45) is 5.73 Å². The number of alkyl halides is 3. The van der Waals surface area contributed by atoms with Crippen molar-refractivity contribution in [1.29, 1.82) is 0 Å². The van der Waals surface area contributed by atoms with E-state index in [0.717, 1.165) is 25.9 Å². The molecule has 3 N–H and O–H groups in total. The number of carboxylic acid groups (broad SMARTS) is 1. The highest BCUT2D eigenvalue weighted by atomic mass is 19.4. The molecule has 1 aromatic rings. The zero-order chi connectivity index (χ0) is 19.2. The number of carboxylic acids is 1. The average Bonchev–Trinajstić information content (AvgIpc) is 2.54. The highest BCUT2D eigenvalue weighted by Crippen LogP contribution is 2.32. The van der Waals surface area contributed by atoms with Crippen molar-refractivity contribution < 1.29 is 32.8 Å². The molecule has 1 saturated heterocycles. The molecule has 0 aliphatic carbocycles. The van der Waals surface area contributed by atoms with Crippen LogP contribution in [0.25, 0.3) is 0 Å². The number of primary amides is 1. The van der Waals surface area contributed by atoms with Crippen LogP contribution in [0, 0.1) is 10.1 Å². The molecule has 1 fully saturated rings. The minimum absolute atomic E-state index is 0.198. The van der Waals surface area contributed by atoms with Crippen molar-refractivity contribution in [1.82, 2.24) is 4.90 Å². The van der Waals surface area contributed by atoms with Gasteiger partial charge in [0.25, 0.3) is 5.69 Å². The quantitative estimate of drug-likeness (QED) is 0.617. The number of likely N-dealkylation sites (tertiary alicyclic amines) is 1. The summed E-state index contributed by atoms with van der Waals surface area (Å²) < 4.78 is 36.6. The highest BCUT2D eigenvalue weighted by molar-refractivity contribution is 5.92. The molecule has 2 amide bonds. The van der Waals surface area contributed by atoms with Gasteiger partial charge in [0.15, 0.2) is 0 Å². The molecule has 0 aromatic heterocycles. The summed E-state index contributed by atoms with van der Waals surface area (Å²) in [6.45, 7) is 1.71. The number of hydrogen-bond acceptors (Lipinski definition) is 4. The van der Waals surface area contributed by atoms with E-state index < -0.39 is 33.9 Å². The molecule has 1 heterocycles. The van der Waals surface area contributed by atoms with Crippen molar-refractivity contribution in [2.75, 3.05) is 13.1 Å². The fraction of sp³-hybridized carbons (Fsp3) is 0.429. The zero-order valence-electron chi connectivity index (χ0n) is 13.0. The van der Waals surface area contributed by atoms with E-state index >= 15 is 0 Å². The molecule has 25 heavy (non-hydrogen) atoms. The Bertz CT molecular complexity index is 658. The van der Waals surface area contributed by atoms with Gasteiger partial charge in [0, 0.05) is 19.2 Å². The molecular formula is C14H16F3N3O5. The third kappa shape index (κ3) is 5.94. The molecule has 0 atom stereocenters. The maximum absolute atomic E-state index is 12.2. The number of amides is 2. The smallest absolute Gasteiger partial charge is 0.416 e. The van der Waals surface area contributed by atoms with Crippen molar-refractivity contribution in [3.05, 3.63) is 39.4 Å². The summed E-state index contributed by atoms with van der Waals surface area (Å²) >= 11 is 0. The Labute approximate surface area is 140 Å². The first-order chi connectivity index (χ1) is 11.5. The first-order valence-electron chi connectivity index (χ1n) is 7.17. The zero-order valence-corrected chi connectivity index (χ0v) is 13.0. The maximum atomic E-state index is 12.2. The Morgan fingerprint density at radius 3 is 2.12 bits per heavy atom. The standard InChI is InChI=1S/C8H4F3NO4.C6H12N2O/c9-8(10,11)4-1-2-5(7(13)14)6(3-4)12(15)16;7-6(9)8-4-2-1-3-5-8/h1-3H,(H,13,14);1-5H2,(H2,7,9). The third-order valence-electron chi connectivity index (χ3n) is 3.42. The summed E-state index contributed by atoms with van der Waals surface area (Å²) in [4.78, 5) is 31.9. The van der Waals surface area contributed by atoms with Crippen molar-refractivity contribution >= 4 is 17.7 Å². The number of carbonyl (C=O) groups excluding carboxylic acids is 1. The van der Waals surface area contributed by atoms with Gasteiger partial charge in [-0.05, 0) is 31.4 Å². The predicted molar refractivity (Wildman–Crippen MR) is 80.1 cm³/mol. The summed E-state index contributed by atoms with van der Waals surface area (Å²) in [5.74, 6) is -1.65. The van der Waals surface area contributed by atoms with Crippen LogP contribution in [0.4, 0.5) is 23.7 Å². The van der Waals surface area contributed by atoms with Crippen molar-refractivity contribution in [3.8, 4) is 0 Å². The maximum Gasteiger partial charge on any atom is 0.416 e. The topological polar surface area (TPSA) is 127 Å². The van der Waals surface area contributed by atoms with E-state index in [1.54, 1.807) is 4.90 Å². The van der Waals surface area contributed by atoms with Gasteiger partial charge in [-0.25, -0.2) is 9.59 Å². The molecule has 11 heteroatoms. The van der Waals surface area contributed by atoms with Gasteiger partial charge in [0.05, 0.1) is 10.5 Å². The number of piperidine rings is 1. The minimum atomic E-state index is -4.75. The molecule has 0 saturated carbocycles. The summed E-state index contributed by atoms with van der Waals surface area (Å²) in [7, 11) is 0. The predicted octanol–water partition coefficient (Wildman–Crippen LogP) is 2.86. The van der Waals surface area contributed by atoms with Crippen LogP contribution >= 0.6 is 0 Å². The molecular weight excluding hydrogens is 347 g/mol. The van der Waals surface area contributed by atoms with Crippen molar-refractivity contribution in [3.63, 3.8) is 0 Å². The first kappa shape index (κ1) is 20.2. The summed E-state index contributed by atoms with van der Waals surface area (Å²) in [6.07, 6.45) is -1.28.